The molecule has 0 heterocycles. The lowest BCUT2D eigenvalue weighted by Crippen LogP contribution is -2.42. The van der Waals surface area contributed by atoms with Gasteiger partial charge in [0.15, 0.2) is 6.04 Å². The van der Waals surface area contributed by atoms with Crippen LogP contribution < -0.4 is 11.1 Å². The van der Waals surface area contributed by atoms with Crippen molar-refractivity contribution in [3.8, 4) is 0 Å². The minimum atomic E-state index is -1.18. The Morgan fingerprint density at radius 2 is 1.89 bits per heavy atom. The summed E-state index contributed by atoms with van der Waals surface area (Å²) in [5, 5.41) is 12.0. The van der Waals surface area contributed by atoms with E-state index in [0.29, 0.717) is 10.6 Å². The van der Waals surface area contributed by atoms with E-state index in [1.807, 2.05) is 0 Å². The van der Waals surface area contributed by atoms with E-state index in [1.54, 1.807) is 38.1 Å². The molecule has 0 aromatic heterocycles. The first kappa shape index (κ1) is 15.5. The summed E-state index contributed by atoms with van der Waals surface area (Å²) in [6.07, 6.45) is 0. The van der Waals surface area contributed by atoms with Crippen LogP contribution in [0.3, 0.4) is 0 Å². The molecule has 0 bridgehead atoms. The zero-order chi connectivity index (χ0) is 14.6. The van der Waals surface area contributed by atoms with E-state index in [2.05, 4.69) is 5.32 Å². The molecule has 1 aromatic carbocycles. The second-order valence-corrected chi connectivity index (χ2v) is 4.86. The molecular weight excluding hydrogens is 268 g/mol. The van der Waals surface area contributed by atoms with Crippen molar-refractivity contribution in [1.82, 2.24) is 5.32 Å². The molecule has 0 radical (unpaired) electrons. The molecule has 5 nitrogen and oxygen atoms in total. The van der Waals surface area contributed by atoms with Crippen LogP contribution in [0.2, 0.25) is 5.02 Å². The Bertz CT molecular complexity index is 477. The third-order valence-electron chi connectivity index (χ3n) is 2.95. The van der Waals surface area contributed by atoms with E-state index in [9.17, 15) is 14.7 Å². The van der Waals surface area contributed by atoms with E-state index < -0.39 is 23.8 Å². The molecule has 0 aliphatic heterocycles. The van der Waals surface area contributed by atoms with Gasteiger partial charge in [-0.25, -0.2) is 4.79 Å². The highest BCUT2D eigenvalue weighted by Gasteiger charge is 2.27. The van der Waals surface area contributed by atoms with Crippen LogP contribution in [0.1, 0.15) is 25.5 Å². The molecule has 0 spiro atoms. The van der Waals surface area contributed by atoms with Gasteiger partial charge in [0.25, 0.3) is 0 Å². The molecule has 0 saturated carbocycles. The summed E-state index contributed by atoms with van der Waals surface area (Å²) in [7, 11) is 0. The van der Waals surface area contributed by atoms with E-state index >= 15 is 0 Å². The first-order valence-corrected chi connectivity index (χ1v) is 6.25. The summed E-state index contributed by atoms with van der Waals surface area (Å²) in [6, 6.07) is 4.96. The van der Waals surface area contributed by atoms with Crippen molar-refractivity contribution in [1.29, 1.82) is 0 Å². The largest absolute Gasteiger partial charge is 0.479 e. The minimum absolute atomic E-state index is 0.295. The number of carboxylic acid groups (broad SMARTS) is 1. The van der Waals surface area contributed by atoms with Crippen molar-refractivity contribution in [3.05, 3.63) is 34.9 Å². The molecule has 6 heteroatoms. The Hall–Kier alpha value is -1.59. The minimum Gasteiger partial charge on any atom is -0.479 e. The number of nitrogens with two attached hydrogens (primary N) is 1. The molecule has 0 fully saturated rings. The number of benzene rings is 1. The van der Waals surface area contributed by atoms with Crippen LogP contribution in [0.25, 0.3) is 0 Å². The second-order valence-electron chi connectivity index (χ2n) is 4.45. The maximum absolute atomic E-state index is 11.9. The van der Waals surface area contributed by atoms with Crippen molar-refractivity contribution in [3.63, 3.8) is 0 Å². The van der Waals surface area contributed by atoms with Gasteiger partial charge < -0.3 is 16.2 Å². The molecule has 4 N–H and O–H groups in total. The Morgan fingerprint density at radius 1 is 1.32 bits per heavy atom. The number of carbonyl (C=O) groups excluding carboxylic acids is 1. The summed E-state index contributed by atoms with van der Waals surface area (Å²) in [6.45, 7) is 3.33. The number of halogens is 1. The molecule has 2 unspecified atom stereocenters. The van der Waals surface area contributed by atoms with Crippen LogP contribution in [-0.4, -0.2) is 23.0 Å². The zero-order valence-corrected chi connectivity index (χ0v) is 11.5. The molecule has 1 rings (SSSR count). The third kappa shape index (κ3) is 3.94. The lowest BCUT2D eigenvalue weighted by Gasteiger charge is -2.20. The van der Waals surface area contributed by atoms with Gasteiger partial charge >= 0.3 is 5.97 Å². The number of carbonyl (C=O) groups is 2. The van der Waals surface area contributed by atoms with Gasteiger partial charge in [-0.1, -0.05) is 36.7 Å². The molecule has 1 amide bonds. The first-order chi connectivity index (χ1) is 8.84. The first-order valence-electron chi connectivity index (χ1n) is 5.87. The van der Waals surface area contributed by atoms with Gasteiger partial charge in [0, 0.05) is 22.5 Å². The Morgan fingerprint density at radius 3 is 2.37 bits per heavy atom. The van der Waals surface area contributed by atoms with Crippen molar-refractivity contribution >= 4 is 23.5 Å². The van der Waals surface area contributed by atoms with Gasteiger partial charge in [0.2, 0.25) is 5.91 Å². The van der Waals surface area contributed by atoms with Crippen LogP contribution in [0.4, 0.5) is 0 Å². The second kappa shape index (κ2) is 6.54. The molecule has 0 aliphatic carbocycles. The summed E-state index contributed by atoms with van der Waals surface area (Å²) >= 11 is 5.95. The van der Waals surface area contributed by atoms with Crippen LogP contribution in [0.15, 0.2) is 24.3 Å². The van der Waals surface area contributed by atoms with Crippen LogP contribution in [-0.2, 0) is 9.59 Å². The van der Waals surface area contributed by atoms with Crippen molar-refractivity contribution in [2.24, 2.45) is 11.7 Å². The van der Waals surface area contributed by atoms with Crippen molar-refractivity contribution in [2.75, 3.05) is 0 Å². The van der Waals surface area contributed by atoms with Gasteiger partial charge in [0.05, 0.1) is 0 Å². The summed E-state index contributed by atoms with van der Waals surface area (Å²) < 4.78 is 0. The highest BCUT2D eigenvalue weighted by atomic mass is 35.5. The molecule has 0 saturated heterocycles. The van der Waals surface area contributed by atoms with Gasteiger partial charge in [0.1, 0.15) is 0 Å². The highest BCUT2D eigenvalue weighted by molar-refractivity contribution is 6.31. The summed E-state index contributed by atoms with van der Waals surface area (Å²) in [5.41, 5.74) is 5.97. The molecule has 19 heavy (non-hydrogen) atoms. The number of nitrogens with one attached hydrogen (secondary N) is 1. The van der Waals surface area contributed by atoms with Gasteiger partial charge in [-0.3, -0.25) is 4.79 Å². The standard InChI is InChI=1S/C13H17ClN2O3/c1-7(8(2)15)12(17)16-11(13(18)19)9-5-3-4-6-10(9)14/h3-8,11H,15H2,1-2H3,(H,16,17)(H,18,19)/t7?,8?,11-/m1/s1. The number of carboxylic acids is 1. The lowest BCUT2D eigenvalue weighted by atomic mass is 10.0. The maximum Gasteiger partial charge on any atom is 0.330 e. The average Bonchev–Trinajstić information content (AvgIpc) is 2.35. The third-order valence-corrected chi connectivity index (χ3v) is 3.30. The Kier molecular flexibility index (Phi) is 5.32. The van der Waals surface area contributed by atoms with Gasteiger partial charge in [-0.15, -0.1) is 0 Å². The van der Waals surface area contributed by atoms with Crippen LogP contribution in [0.5, 0.6) is 0 Å². The molecule has 3 atom stereocenters. The molecule has 1 aromatic rings. The SMILES string of the molecule is CC(N)C(C)C(=O)N[C@@H](C(=O)O)c1ccccc1Cl. The Balaban J connectivity index is 2.95. The monoisotopic (exact) mass is 284 g/mol. The predicted octanol–water partition coefficient (Wildman–Crippen LogP) is 1.57. The topological polar surface area (TPSA) is 92.4 Å². The Labute approximate surface area is 116 Å². The average molecular weight is 285 g/mol. The number of hydrogen-bond donors (Lipinski definition) is 3. The summed E-state index contributed by atoms with van der Waals surface area (Å²) in [5.74, 6) is -2.06. The van der Waals surface area contributed by atoms with Gasteiger partial charge in [-0.05, 0) is 13.0 Å². The summed E-state index contributed by atoms with van der Waals surface area (Å²) in [4.78, 5) is 23.2. The number of aliphatic carboxylic acids is 1. The van der Waals surface area contributed by atoms with Crippen LogP contribution >= 0.6 is 11.6 Å². The smallest absolute Gasteiger partial charge is 0.330 e. The fourth-order valence-electron chi connectivity index (χ4n) is 1.49. The van der Waals surface area contributed by atoms with Crippen molar-refractivity contribution < 1.29 is 14.7 Å². The zero-order valence-electron chi connectivity index (χ0n) is 10.8. The molecular formula is C13H17ClN2O3. The predicted molar refractivity (Wildman–Crippen MR) is 72.8 cm³/mol. The molecule has 0 aliphatic rings. The normalized spacial score (nSPS) is 15.4. The van der Waals surface area contributed by atoms with E-state index in [4.69, 9.17) is 17.3 Å². The van der Waals surface area contributed by atoms with Gasteiger partial charge in [-0.2, -0.15) is 0 Å². The van der Waals surface area contributed by atoms with E-state index in [-0.39, 0.29) is 6.04 Å². The maximum atomic E-state index is 11.9. The van der Waals surface area contributed by atoms with E-state index in [0.717, 1.165) is 0 Å². The number of hydrogen-bond acceptors (Lipinski definition) is 3. The van der Waals surface area contributed by atoms with E-state index in [1.165, 1.54) is 0 Å². The number of amides is 1. The fraction of sp³-hybridized carbons (Fsp3) is 0.385. The van der Waals surface area contributed by atoms with Crippen molar-refractivity contribution in [2.45, 2.75) is 25.9 Å². The highest BCUT2D eigenvalue weighted by Crippen LogP contribution is 2.23. The number of rotatable bonds is 5. The lowest BCUT2D eigenvalue weighted by molar-refractivity contribution is -0.142. The molecule has 104 valence electrons. The van der Waals surface area contributed by atoms with Crippen LogP contribution in [0, 0.1) is 5.92 Å². The quantitative estimate of drug-likeness (QED) is 0.765. The fourth-order valence-corrected chi connectivity index (χ4v) is 1.74.